The molecular weight excluding hydrogens is 158 g/mol. The third-order valence-corrected chi connectivity index (χ3v) is 1.45. The van der Waals surface area contributed by atoms with Crippen LogP contribution in [-0.4, -0.2) is 24.0 Å². The van der Waals surface area contributed by atoms with Gasteiger partial charge in [-0.05, 0) is 18.4 Å². The number of unbranched alkanes of at least 4 members (excludes halogenated alkanes) is 2. The van der Waals surface area contributed by atoms with E-state index in [-0.39, 0.29) is 12.4 Å². The Morgan fingerprint density at radius 3 is 2.75 bits per heavy atom. The van der Waals surface area contributed by atoms with Crippen molar-refractivity contribution in [3.8, 4) is 0 Å². The van der Waals surface area contributed by atoms with E-state index < -0.39 is 0 Å². The molecule has 0 aliphatic heterocycles. The van der Waals surface area contributed by atoms with Crippen LogP contribution < -0.4 is 0 Å². The molecule has 1 N–H and O–H groups in total. The topological polar surface area (TPSA) is 86.1 Å². The second kappa shape index (κ2) is 8.04. The van der Waals surface area contributed by atoms with Crippen LogP contribution in [0.5, 0.6) is 0 Å². The molecule has 12 heavy (non-hydrogen) atoms. The van der Waals surface area contributed by atoms with Crippen molar-refractivity contribution in [2.24, 2.45) is 5.11 Å². The van der Waals surface area contributed by atoms with Gasteiger partial charge in [-0.2, -0.15) is 0 Å². The molecule has 0 aromatic rings. The van der Waals surface area contributed by atoms with Crippen molar-refractivity contribution < 1.29 is 9.90 Å². The first-order valence-corrected chi connectivity index (χ1v) is 3.94. The van der Waals surface area contributed by atoms with Gasteiger partial charge in [0.15, 0.2) is 5.78 Å². The largest absolute Gasteiger partial charge is 0.389 e. The van der Waals surface area contributed by atoms with Crippen molar-refractivity contribution in [2.75, 3.05) is 13.2 Å². The average molecular weight is 171 g/mol. The Morgan fingerprint density at radius 2 is 2.17 bits per heavy atom. The summed E-state index contributed by atoms with van der Waals surface area (Å²) in [5.41, 5.74) is 7.92. The first-order chi connectivity index (χ1) is 5.81. The molecule has 0 spiro atoms. The molecule has 0 aliphatic carbocycles. The van der Waals surface area contributed by atoms with E-state index in [0.717, 1.165) is 19.3 Å². The Labute approximate surface area is 71.0 Å². The van der Waals surface area contributed by atoms with Crippen LogP contribution in [-0.2, 0) is 4.79 Å². The quantitative estimate of drug-likeness (QED) is 0.272. The van der Waals surface area contributed by atoms with E-state index in [1.807, 2.05) is 0 Å². The number of hydrogen-bond acceptors (Lipinski definition) is 3. The predicted molar refractivity (Wildman–Crippen MR) is 44.6 cm³/mol. The second-order valence-corrected chi connectivity index (χ2v) is 2.46. The first kappa shape index (κ1) is 10.9. The number of nitrogens with zero attached hydrogens (tertiary/aromatic N) is 3. The lowest BCUT2D eigenvalue weighted by Gasteiger charge is -1.95. The molecule has 0 saturated carbocycles. The number of carbonyl (C=O) groups excluding carboxylic acids is 1. The van der Waals surface area contributed by atoms with Crippen LogP contribution in [0.15, 0.2) is 5.11 Å². The molecule has 0 amide bonds. The monoisotopic (exact) mass is 171 g/mol. The zero-order chi connectivity index (χ0) is 9.23. The fourth-order valence-electron chi connectivity index (χ4n) is 0.805. The fourth-order valence-corrected chi connectivity index (χ4v) is 0.805. The highest BCUT2D eigenvalue weighted by Gasteiger charge is 1.97. The average Bonchev–Trinajstić information content (AvgIpc) is 2.10. The standard InChI is InChI=1S/C7H13N3O2/c8-10-9-5-3-1-2-4-7(12)6-11/h11H,1-6H2. The second-order valence-electron chi connectivity index (χ2n) is 2.46. The molecule has 0 unspecified atom stereocenters. The lowest BCUT2D eigenvalue weighted by atomic mass is 10.1. The van der Waals surface area contributed by atoms with Gasteiger partial charge in [-0.3, -0.25) is 4.79 Å². The van der Waals surface area contributed by atoms with Gasteiger partial charge in [-0.25, -0.2) is 0 Å². The number of rotatable bonds is 7. The number of ketones is 1. The lowest BCUT2D eigenvalue weighted by Crippen LogP contribution is -2.02. The Balaban J connectivity index is 3.10. The van der Waals surface area contributed by atoms with Crippen molar-refractivity contribution in [1.82, 2.24) is 0 Å². The molecule has 0 aromatic carbocycles. The maximum absolute atomic E-state index is 10.6. The van der Waals surface area contributed by atoms with Gasteiger partial charge in [0.1, 0.15) is 6.61 Å². The fraction of sp³-hybridized carbons (Fsp3) is 0.857. The van der Waals surface area contributed by atoms with Gasteiger partial charge in [-0.1, -0.05) is 11.5 Å². The van der Waals surface area contributed by atoms with Crippen LogP contribution >= 0.6 is 0 Å². The van der Waals surface area contributed by atoms with Gasteiger partial charge in [0.2, 0.25) is 0 Å². The molecular formula is C7H13N3O2. The molecule has 0 rings (SSSR count). The van der Waals surface area contributed by atoms with Crippen LogP contribution in [0, 0.1) is 0 Å². The SMILES string of the molecule is [N-]=[N+]=NCCCCCC(=O)CO. The van der Waals surface area contributed by atoms with E-state index in [0.29, 0.717) is 13.0 Å². The summed E-state index contributed by atoms with van der Waals surface area (Å²) in [4.78, 5) is 13.2. The maximum Gasteiger partial charge on any atom is 0.158 e. The molecule has 0 radical (unpaired) electrons. The summed E-state index contributed by atoms with van der Waals surface area (Å²) in [7, 11) is 0. The van der Waals surface area contributed by atoms with E-state index in [1.54, 1.807) is 0 Å². The Morgan fingerprint density at radius 1 is 1.42 bits per heavy atom. The van der Waals surface area contributed by atoms with E-state index in [1.165, 1.54) is 0 Å². The maximum atomic E-state index is 10.6. The van der Waals surface area contributed by atoms with Gasteiger partial charge in [0, 0.05) is 17.9 Å². The Bertz CT molecular complexity index is 175. The van der Waals surface area contributed by atoms with E-state index in [2.05, 4.69) is 10.0 Å². The predicted octanol–water partition coefficient (Wildman–Crippen LogP) is 1.42. The number of hydrogen-bond donors (Lipinski definition) is 1. The Kier molecular flexibility index (Phi) is 7.33. The van der Waals surface area contributed by atoms with Crippen LogP contribution in [0.25, 0.3) is 10.4 Å². The lowest BCUT2D eigenvalue weighted by molar-refractivity contribution is -0.121. The smallest absolute Gasteiger partial charge is 0.158 e. The highest BCUT2D eigenvalue weighted by Crippen LogP contribution is 2.00. The molecule has 68 valence electrons. The highest BCUT2D eigenvalue weighted by molar-refractivity contribution is 5.79. The number of carbonyl (C=O) groups is 1. The molecule has 0 heterocycles. The van der Waals surface area contributed by atoms with E-state index in [4.69, 9.17) is 10.6 Å². The van der Waals surface area contributed by atoms with Gasteiger partial charge >= 0.3 is 0 Å². The van der Waals surface area contributed by atoms with Gasteiger partial charge in [0.25, 0.3) is 0 Å². The van der Waals surface area contributed by atoms with Crippen LogP contribution in [0.4, 0.5) is 0 Å². The minimum absolute atomic E-state index is 0.126. The third kappa shape index (κ3) is 7.05. The molecule has 0 atom stereocenters. The third-order valence-electron chi connectivity index (χ3n) is 1.45. The van der Waals surface area contributed by atoms with E-state index >= 15 is 0 Å². The minimum Gasteiger partial charge on any atom is -0.389 e. The van der Waals surface area contributed by atoms with Gasteiger partial charge in [-0.15, -0.1) is 0 Å². The van der Waals surface area contributed by atoms with Crippen molar-refractivity contribution in [1.29, 1.82) is 0 Å². The van der Waals surface area contributed by atoms with Crippen molar-refractivity contribution in [3.05, 3.63) is 10.4 Å². The molecule has 5 nitrogen and oxygen atoms in total. The zero-order valence-electron chi connectivity index (χ0n) is 6.94. The number of Topliss-reactive ketones (excluding diaryl/α,β-unsaturated/α-hetero) is 1. The van der Waals surface area contributed by atoms with Gasteiger partial charge in [0.05, 0.1) is 0 Å². The van der Waals surface area contributed by atoms with Crippen molar-refractivity contribution >= 4 is 5.78 Å². The summed E-state index contributed by atoms with van der Waals surface area (Å²) in [6.07, 6.45) is 2.86. The highest BCUT2D eigenvalue weighted by atomic mass is 16.3. The number of aliphatic hydroxyl groups excluding tert-OH is 1. The summed E-state index contributed by atoms with van der Waals surface area (Å²) < 4.78 is 0. The van der Waals surface area contributed by atoms with Crippen LogP contribution in [0.2, 0.25) is 0 Å². The summed E-state index contributed by atoms with van der Waals surface area (Å²) in [6.45, 7) is 0.125. The zero-order valence-corrected chi connectivity index (χ0v) is 6.94. The summed E-state index contributed by atoms with van der Waals surface area (Å²) in [6, 6.07) is 0. The molecule has 0 fully saturated rings. The molecule has 5 heteroatoms. The number of azide groups is 1. The minimum atomic E-state index is -0.365. The van der Waals surface area contributed by atoms with Crippen molar-refractivity contribution in [3.63, 3.8) is 0 Å². The molecule has 0 aromatic heterocycles. The van der Waals surface area contributed by atoms with E-state index in [9.17, 15) is 4.79 Å². The Hall–Kier alpha value is -1.06. The van der Waals surface area contributed by atoms with Crippen LogP contribution in [0.3, 0.4) is 0 Å². The van der Waals surface area contributed by atoms with Crippen molar-refractivity contribution in [2.45, 2.75) is 25.7 Å². The molecule has 0 saturated heterocycles. The normalized spacial score (nSPS) is 9.08. The number of aliphatic hydroxyl groups is 1. The first-order valence-electron chi connectivity index (χ1n) is 3.94. The molecule has 0 aliphatic rings. The van der Waals surface area contributed by atoms with Crippen LogP contribution in [0.1, 0.15) is 25.7 Å². The van der Waals surface area contributed by atoms with Gasteiger partial charge < -0.3 is 5.11 Å². The molecule has 0 bridgehead atoms. The summed E-state index contributed by atoms with van der Waals surface area (Å²) >= 11 is 0. The summed E-state index contributed by atoms with van der Waals surface area (Å²) in [5, 5.41) is 11.7. The summed E-state index contributed by atoms with van der Waals surface area (Å²) in [5.74, 6) is -0.126.